The maximum absolute atomic E-state index is 13.0. The van der Waals surface area contributed by atoms with Crippen LogP contribution in [0.4, 0.5) is 5.69 Å². The van der Waals surface area contributed by atoms with Crippen molar-refractivity contribution in [2.24, 2.45) is 0 Å². The Balaban J connectivity index is 1.69. The second-order valence-corrected chi connectivity index (χ2v) is 8.53. The van der Waals surface area contributed by atoms with Crippen molar-refractivity contribution in [1.82, 2.24) is 15.1 Å². The monoisotopic (exact) mass is 426 g/mol. The van der Waals surface area contributed by atoms with Gasteiger partial charge in [-0.2, -0.15) is 0 Å². The molecule has 3 rings (SSSR count). The minimum Gasteiger partial charge on any atom is -0.336 e. The first-order chi connectivity index (χ1) is 14.4. The summed E-state index contributed by atoms with van der Waals surface area (Å²) < 4.78 is 0. The molecule has 1 heterocycles. The number of nitrogens with zero attached hydrogens (tertiary/aromatic N) is 2. The molecule has 6 nitrogen and oxygen atoms in total. The van der Waals surface area contributed by atoms with Crippen molar-refractivity contribution in [2.75, 3.05) is 44.8 Å². The third-order valence-corrected chi connectivity index (χ3v) is 5.91. The number of carbonyl (C=O) groups is 2. The molecule has 160 valence electrons. The Labute approximate surface area is 183 Å². The molecule has 1 aliphatic heterocycles. The van der Waals surface area contributed by atoms with Crippen LogP contribution in [0.15, 0.2) is 47.4 Å². The van der Waals surface area contributed by atoms with Gasteiger partial charge in [0.2, 0.25) is 5.91 Å². The molecule has 0 saturated carbocycles. The molecular formula is C23H30N4O2S. The first-order valence-corrected chi connectivity index (χ1v) is 11.4. The largest absolute Gasteiger partial charge is 0.336 e. The number of benzene rings is 2. The fraction of sp³-hybridized carbons (Fsp3) is 0.391. The van der Waals surface area contributed by atoms with Gasteiger partial charge in [-0.15, -0.1) is 11.8 Å². The van der Waals surface area contributed by atoms with E-state index in [1.807, 2.05) is 17.0 Å². The predicted molar refractivity (Wildman–Crippen MR) is 123 cm³/mol. The molecule has 2 amide bonds. The van der Waals surface area contributed by atoms with E-state index in [-0.39, 0.29) is 11.8 Å². The van der Waals surface area contributed by atoms with Crippen molar-refractivity contribution in [3.8, 4) is 0 Å². The highest BCUT2D eigenvalue weighted by molar-refractivity contribution is 7.98. The molecule has 0 spiro atoms. The lowest BCUT2D eigenvalue weighted by molar-refractivity contribution is -0.114. The van der Waals surface area contributed by atoms with Crippen LogP contribution in [-0.2, 0) is 17.9 Å². The standard InChI is InChI=1S/C23H30N4O2S/c1-17(28)25-21-13-19(16-24-15-18-4-6-22(30-3)7-5-18)12-20(14-21)23(29)27-10-8-26(2)9-11-27/h4-7,12-14,24H,8-11,15-16H2,1-3H3,(H,25,28). The van der Waals surface area contributed by atoms with E-state index in [0.29, 0.717) is 17.8 Å². The number of rotatable bonds is 7. The molecule has 2 aromatic carbocycles. The van der Waals surface area contributed by atoms with E-state index >= 15 is 0 Å². The third-order valence-electron chi connectivity index (χ3n) is 5.17. The van der Waals surface area contributed by atoms with Crippen molar-refractivity contribution < 1.29 is 9.59 Å². The third kappa shape index (κ3) is 6.32. The number of likely N-dealkylation sites (N-methyl/N-ethyl adjacent to an activating group) is 1. The highest BCUT2D eigenvalue weighted by Crippen LogP contribution is 2.19. The van der Waals surface area contributed by atoms with Crippen molar-refractivity contribution >= 4 is 29.3 Å². The van der Waals surface area contributed by atoms with Gasteiger partial charge in [0, 0.05) is 62.3 Å². The highest BCUT2D eigenvalue weighted by atomic mass is 32.2. The Hall–Kier alpha value is -2.35. The van der Waals surface area contributed by atoms with Crippen LogP contribution in [-0.4, -0.2) is 61.1 Å². The van der Waals surface area contributed by atoms with Crippen LogP contribution >= 0.6 is 11.8 Å². The van der Waals surface area contributed by atoms with Crippen molar-refractivity contribution in [1.29, 1.82) is 0 Å². The maximum Gasteiger partial charge on any atom is 0.254 e. The number of nitrogens with one attached hydrogen (secondary N) is 2. The number of hydrogen-bond acceptors (Lipinski definition) is 5. The lowest BCUT2D eigenvalue weighted by Gasteiger charge is -2.32. The van der Waals surface area contributed by atoms with Crippen LogP contribution in [0.5, 0.6) is 0 Å². The lowest BCUT2D eigenvalue weighted by Crippen LogP contribution is -2.47. The van der Waals surface area contributed by atoms with Gasteiger partial charge in [0.15, 0.2) is 0 Å². The summed E-state index contributed by atoms with van der Waals surface area (Å²) in [5.74, 6) is -0.129. The Morgan fingerprint density at radius 3 is 2.27 bits per heavy atom. The molecule has 1 aliphatic rings. The molecule has 1 fully saturated rings. The van der Waals surface area contributed by atoms with Crippen LogP contribution in [0, 0.1) is 0 Å². The quantitative estimate of drug-likeness (QED) is 0.667. The van der Waals surface area contributed by atoms with Crippen molar-refractivity contribution in [3.63, 3.8) is 0 Å². The SMILES string of the molecule is CSc1ccc(CNCc2cc(NC(C)=O)cc(C(=O)N3CCN(C)CC3)c2)cc1. The molecule has 0 aromatic heterocycles. The van der Waals surface area contributed by atoms with Gasteiger partial charge in [-0.05, 0) is 54.8 Å². The van der Waals surface area contributed by atoms with Gasteiger partial charge < -0.3 is 20.4 Å². The Kier molecular flexibility index (Phi) is 7.90. The minimum atomic E-state index is -0.146. The van der Waals surface area contributed by atoms with Crippen LogP contribution < -0.4 is 10.6 Å². The van der Waals surface area contributed by atoms with E-state index in [0.717, 1.165) is 38.3 Å². The van der Waals surface area contributed by atoms with Crippen molar-refractivity contribution in [3.05, 3.63) is 59.2 Å². The number of piperazine rings is 1. The zero-order chi connectivity index (χ0) is 21.5. The number of thioether (sulfide) groups is 1. The van der Waals surface area contributed by atoms with E-state index in [4.69, 9.17) is 0 Å². The van der Waals surface area contributed by atoms with Gasteiger partial charge in [-0.1, -0.05) is 12.1 Å². The average molecular weight is 427 g/mol. The summed E-state index contributed by atoms with van der Waals surface area (Å²) in [5.41, 5.74) is 3.45. The first-order valence-electron chi connectivity index (χ1n) is 10.2. The van der Waals surface area contributed by atoms with E-state index < -0.39 is 0 Å². The summed E-state index contributed by atoms with van der Waals surface area (Å²) in [4.78, 5) is 29.9. The van der Waals surface area contributed by atoms with Crippen LogP contribution in [0.25, 0.3) is 0 Å². The normalized spacial score (nSPS) is 14.6. The lowest BCUT2D eigenvalue weighted by atomic mass is 10.1. The molecule has 0 bridgehead atoms. The highest BCUT2D eigenvalue weighted by Gasteiger charge is 2.21. The molecule has 30 heavy (non-hydrogen) atoms. The molecule has 0 radical (unpaired) electrons. The predicted octanol–water partition coefficient (Wildman–Crippen LogP) is 3.04. The first kappa shape index (κ1) is 22.3. The summed E-state index contributed by atoms with van der Waals surface area (Å²) in [6.07, 6.45) is 2.07. The molecular weight excluding hydrogens is 396 g/mol. The van der Waals surface area contributed by atoms with Crippen LogP contribution in [0.3, 0.4) is 0 Å². The topological polar surface area (TPSA) is 64.7 Å². The maximum atomic E-state index is 13.0. The summed E-state index contributed by atoms with van der Waals surface area (Å²) in [6, 6.07) is 14.1. The van der Waals surface area contributed by atoms with E-state index in [9.17, 15) is 9.59 Å². The molecule has 2 aromatic rings. The minimum absolute atomic E-state index is 0.0178. The Morgan fingerprint density at radius 1 is 0.967 bits per heavy atom. The summed E-state index contributed by atoms with van der Waals surface area (Å²) in [5, 5.41) is 6.26. The molecule has 0 unspecified atom stereocenters. The Bertz CT molecular complexity index is 877. The zero-order valence-corrected chi connectivity index (χ0v) is 18.7. The van der Waals surface area contributed by atoms with Crippen molar-refractivity contribution in [2.45, 2.75) is 24.9 Å². The van der Waals surface area contributed by atoms with Gasteiger partial charge in [0.05, 0.1) is 0 Å². The fourth-order valence-corrected chi connectivity index (χ4v) is 3.89. The summed E-state index contributed by atoms with van der Waals surface area (Å²) in [6.45, 7) is 6.02. The molecule has 2 N–H and O–H groups in total. The van der Waals surface area contributed by atoms with Gasteiger partial charge in [-0.25, -0.2) is 0 Å². The smallest absolute Gasteiger partial charge is 0.254 e. The second kappa shape index (κ2) is 10.6. The zero-order valence-electron chi connectivity index (χ0n) is 17.9. The van der Waals surface area contributed by atoms with Gasteiger partial charge in [0.1, 0.15) is 0 Å². The van der Waals surface area contributed by atoms with E-state index in [1.165, 1.54) is 17.4 Å². The molecule has 0 aliphatic carbocycles. The molecule has 7 heteroatoms. The number of amides is 2. The van der Waals surface area contributed by atoms with Gasteiger partial charge in [-0.3, -0.25) is 9.59 Å². The van der Waals surface area contributed by atoms with Gasteiger partial charge in [0.25, 0.3) is 5.91 Å². The van der Waals surface area contributed by atoms with Crippen LogP contribution in [0.1, 0.15) is 28.4 Å². The van der Waals surface area contributed by atoms with E-state index in [2.05, 4.69) is 53.1 Å². The number of hydrogen-bond donors (Lipinski definition) is 2. The number of anilines is 1. The van der Waals surface area contributed by atoms with Gasteiger partial charge >= 0.3 is 0 Å². The summed E-state index contributed by atoms with van der Waals surface area (Å²) in [7, 11) is 2.07. The number of carbonyl (C=O) groups excluding carboxylic acids is 2. The van der Waals surface area contributed by atoms with E-state index in [1.54, 1.807) is 17.8 Å². The molecule has 0 atom stereocenters. The second-order valence-electron chi connectivity index (χ2n) is 7.65. The Morgan fingerprint density at radius 2 is 1.63 bits per heavy atom. The van der Waals surface area contributed by atoms with Crippen LogP contribution in [0.2, 0.25) is 0 Å². The molecule has 1 saturated heterocycles. The summed E-state index contributed by atoms with van der Waals surface area (Å²) >= 11 is 1.73. The fourth-order valence-electron chi connectivity index (χ4n) is 3.48. The average Bonchev–Trinajstić information content (AvgIpc) is 2.73.